The molecule has 1 N–H and O–H groups in total. The van der Waals surface area contributed by atoms with E-state index in [0.29, 0.717) is 11.4 Å². The van der Waals surface area contributed by atoms with Crippen LogP contribution in [0.4, 0.5) is 11.4 Å². The molecule has 2 saturated heterocycles. The van der Waals surface area contributed by atoms with E-state index in [9.17, 15) is 14.4 Å². The van der Waals surface area contributed by atoms with Crippen LogP contribution >= 0.6 is 0 Å². The van der Waals surface area contributed by atoms with Crippen molar-refractivity contribution in [3.8, 4) is 0 Å². The molecule has 37 heavy (non-hydrogen) atoms. The molecule has 4 atom stereocenters. The summed E-state index contributed by atoms with van der Waals surface area (Å²) in [6, 6.07) is 28.7. The first-order chi connectivity index (χ1) is 18.1. The molecule has 0 aromatic heterocycles. The summed E-state index contributed by atoms with van der Waals surface area (Å²) in [6.07, 6.45) is 1.70. The maximum absolute atomic E-state index is 14.0. The van der Waals surface area contributed by atoms with Gasteiger partial charge in [0.25, 0.3) is 0 Å². The Morgan fingerprint density at radius 3 is 2.30 bits per heavy atom. The molecule has 7 heteroatoms. The van der Waals surface area contributed by atoms with E-state index in [4.69, 9.17) is 0 Å². The van der Waals surface area contributed by atoms with Gasteiger partial charge in [-0.2, -0.15) is 5.10 Å². The van der Waals surface area contributed by atoms with Crippen molar-refractivity contribution in [3.63, 3.8) is 0 Å². The van der Waals surface area contributed by atoms with Gasteiger partial charge in [0.1, 0.15) is 6.04 Å². The summed E-state index contributed by atoms with van der Waals surface area (Å²) in [7, 11) is 0. The van der Waals surface area contributed by atoms with Crippen molar-refractivity contribution in [2.24, 2.45) is 16.9 Å². The van der Waals surface area contributed by atoms with E-state index in [1.54, 1.807) is 29.4 Å². The summed E-state index contributed by atoms with van der Waals surface area (Å²) in [4.78, 5) is 43.0. The van der Waals surface area contributed by atoms with E-state index in [1.807, 2.05) is 78.9 Å². The number of nitrogens with one attached hydrogen (secondary N) is 1. The Hall–Kier alpha value is -4.78. The van der Waals surface area contributed by atoms with Crippen LogP contribution in [0.15, 0.2) is 102 Å². The highest BCUT2D eigenvalue weighted by atomic mass is 16.2. The molecule has 7 nitrogen and oxygen atoms in total. The van der Waals surface area contributed by atoms with Crippen LogP contribution in [-0.4, -0.2) is 35.0 Å². The van der Waals surface area contributed by atoms with Crippen LogP contribution in [0.25, 0.3) is 10.8 Å². The number of benzene rings is 4. The third kappa shape index (κ3) is 3.20. The molecule has 180 valence electrons. The summed E-state index contributed by atoms with van der Waals surface area (Å²) in [6.45, 7) is 0. The maximum atomic E-state index is 14.0. The van der Waals surface area contributed by atoms with Gasteiger partial charge in [-0.3, -0.25) is 19.4 Å². The monoisotopic (exact) mass is 486 g/mol. The smallest absolute Gasteiger partial charge is 0.249 e. The number of nitrogens with zero attached hydrogens (tertiary/aromatic N) is 3. The fourth-order valence-electron chi connectivity index (χ4n) is 5.98. The third-order valence-electron chi connectivity index (χ3n) is 7.59. The first-order valence-corrected chi connectivity index (χ1v) is 12.3. The summed E-state index contributed by atoms with van der Waals surface area (Å²) in [5.41, 5.74) is 2.92. The van der Waals surface area contributed by atoms with E-state index in [2.05, 4.69) is 10.4 Å². The number of hydrogen-bond donors (Lipinski definition) is 1. The molecule has 4 aromatic carbocycles. The van der Waals surface area contributed by atoms with Crippen molar-refractivity contribution in [1.29, 1.82) is 0 Å². The fraction of sp³-hybridized carbons (Fsp3) is 0.133. The Kier molecular flexibility index (Phi) is 4.72. The normalized spacial score (nSPS) is 23.7. The minimum atomic E-state index is -0.929. The molecule has 3 aliphatic rings. The molecule has 3 aliphatic heterocycles. The lowest BCUT2D eigenvalue weighted by Crippen LogP contribution is -2.46. The number of anilines is 2. The number of hydrogen-bond acceptors (Lipinski definition) is 5. The molecule has 3 heterocycles. The summed E-state index contributed by atoms with van der Waals surface area (Å²) in [5, 5.41) is 11.1. The number of para-hydroxylation sites is 1. The van der Waals surface area contributed by atoms with Crippen LogP contribution in [0.5, 0.6) is 0 Å². The van der Waals surface area contributed by atoms with Gasteiger partial charge in [0.15, 0.2) is 0 Å². The first kappa shape index (κ1) is 21.5. The van der Waals surface area contributed by atoms with Gasteiger partial charge in [0.2, 0.25) is 17.7 Å². The highest BCUT2D eigenvalue weighted by Gasteiger charge is 2.65. The van der Waals surface area contributed by atoms with Crippen LogP contribution < -0.4 is 10.2 Å². The van der Waals surface area contributed by atoms with Gasteiger partial charge >= 0.3 is 0 Å². The quantitative estimate of drug-likeness (QED) is 0.437. The van der Waals surface area contributed by atoms with E-state index >= 15 is 0 Å². The predicted octanol–water partition coefficient (Wildman–Crippen LogP) is 4.36. The number of rotatable bonds is 3. The molecular weight excluding hydrogens is 464 g/mol. The molecule has 0 radical (unpaired) electrons. The highest BCUT2D eigenvalue weighted by molar-refractivity contribution is 6.24. The predicted molar refractivity (Wildman–Crippen MR) is 141 cm³/mol. The van der Waals surface area contributed by atoms with Crippen molar-refractivity contribution in [1.82, 2.24) is 5.01 Å². The lowest BCUT2D eigenvalue weighted by atomic mass is 9.85. The molecule has 0 spiro atoms. The fourth-order valence-corrected chi connectivity index (χ4v) is 5.98. The van der Waals surface area contributed by atoms with E-state index in [0.717, 1.165) is 21.9 Å². The van der Waals surface area contributed by atoms with E-state index in [-0.39, 0.29) is 17.7 Å². The van der Waals surface area contributed by atoms with Crippen molar-refractivity contribution in [2.75, 3.05) is 10.2 Å². The molecule has 4 aromatic rings. The Morgan fingerprint density at radius 2 is 1.46 bits per heavy atom. The van der Waals surface area contributed by atoms with Gasteiger partial charge in [-0.05, 0) is 46.2 Å². The lowest BCUT2D eigenvalue weighted by molar-refractivity contribution is -0.129. The average molecular weight is 487 g/mol. The van der Waals surface area contributed by atoms with Crippen molar-refractivity contribution in [3.05, 3.63) is 108 Å². The Balaban J connectivity index is 1.33. The van der Waals surface area contributed by atoms with Crippen molar-refractivity contribution in [2.45, 2.75) is 12.1 Å². The second-order valence-electron chi connectivity index (χ2n) is 9.59. The third-order valence-corrected chi connectivity index (χ3v) is 7.59. The number of imide groups is 1. The average Bonchev–Trinajstić information content (AvgIpc) is 3.41. The minimum absolute atomic E-state index is 0.304. The van der Waals surface area contributed by atoms with Gasteiger partial charge < -0.3 is 5.32 Å². The van der Waals surface area contributed by atoms with Gasteiger partial charge in [0.05, 0.1) is 29.8 Å². The topological polar surface area (TPSA) is 82.1 Å². The van der Waals surface area contributed by atoms with Crippen LogP contribution in [0.1, 0.15) is 17.2 Å². The minimum Gasteiger partial charge on any atom is -0.324 e. The molecule has 0 bridgehead atoms. The summed E-state index contributed by atoms with van der Waals surface area (Å²) < 4.78 is 0. The zero-order valence-electron chi connectivity index (χ0n) is 19.7. The second-order valence-corrected chi connectivity index (χ2v) is 9.59. The SMILES string of the molecule is O=C(Nc1ccccc1)[C@@H]1[C@@H]2C(=O)N(c3ccc4ccccc4c3)C(=O)[C@H]2[C@@H]2c3ccccc3C=NN12. The van der Waals surface area contributed by atoms with Gasteiger partial charge in [-0.15, -0.1) is 0 Å². The van der Waals surface area contributed by atoms with Crippen LogP contribution in [-0.2, 0) is 14.4 Å². The van der Waals surface area contributed by atoms with Crippen LogP contribution in [0.2, 0.25) is 0 Å². The Labute approximate surface area is 213 Å². The number of hydrazone groups is 1. The molecule has 0 aliphatic carbocycles. The largest absolute Gasteiger partial charge is 0.324 e. The second kappa shape index (κ2) is 8.13. The standard InChI is InChI=1S/C30H22N4O3/c35-28(32-21-11-2-1-3-12-21)27-25-24(26-23-13-7-6-10-20(23)17-31-34(26)27)29(36)33(30(25)37)22-15-14-18-8-4-5-9-19(18)16-22/h1-17,24-27H,(H,32,35)/t24-,25-,26+,27+/m1/s1. The first-order valence-electron chi connectivity index (χ1n) is 12.3. The molecular formula is C30H22N4O3. The number of carbonyl (C=O) groups is 3. The zero-order chi connectivity index (χ0) is 25.1. The van der Waals surface area contributed by atoms with E-state index in [1.165, 1.54) is 4.90 Å². The number of fused-ring (bicyclic) bond motifs is 6. The Bertz CT molecular complexity index is 1620. The van der Waals surface area contributed by atoms with Crippen LogP contribution in [0.3, 0.4) is 0 Å². The summed E-state index contributed by atoms with van der Waals surface area (Å²) >= 11 is 0. The van der Waals surface area contributed by atoms with Gasteiger partial charge in [-0.25, -0.2) is 4.90 Å². The molecule has 0 saturated carbocycles. The van der Waals surface area contributed by atoms with E-state index < -0.39 is 23.9 Å². The lowest BCUT2D eigenvalue weighted by Gasteiger charge is -2.33. The molecule has 3 amide bonds. The highest BCUT2D eigenvalue weighted by Crippen LogP contribution is 2.52. The Morgan fingerprint density at radius 1 is 0.757 bits per heavy atom. The van der Waals surface area contributed by atoms with Gasteiger partial charge in [-0.1, -0.05) is 72.8 Å². The number of carbonyl (C=O) groups excluding carboxylic acids is 3. The molecule has 0 unspecified atom stereocenters. The van der Waals surface area contributed by atoms with Crippen molar-refractivity contribution < 1.29 is 14.4 Å². The zero-order valence-corrected chi connectivity index (χ0v) is 19.7. The van der Waals surface area contributed by atoms with Crippen LogP contribution in [0, 0.1) is 11.8 Å². The number of amides is 3. The summed E-state index contributed by atoms with van der Waals surface area (Å²) in [5.74, 6) is -2.63. The van der Waals surface area contributed by atoms with Crippen molar-refractivity contribution >= 4 is 46.1 Å². The molecule has 2 fully saturated rings. The molecule has 7 rings (SSSR count). The maximum Gasteiger partial charge on any atom is 0.249 e. The van der Waals surface area contributed by atoms with Gasteiger partial charge in [0, 0.05) is 5.69 Å².